The zero-order valence-corrected chi connectivity index (χ0v) is 14.1. The van der Waals surface area contributed by atoms with Gasteiger partial charge in [0.05, 0.1) is 16.6 Å². The van der Waals surface area contributed by atoms with Crippen LogP contribution in [0.5, 0.6) is 0 Å². The Hall–Kier alpha value is -2.66. The smallest absolute Gasteiger partial charge is 0.311 e. The summed E-state index contributed by atoms with van der Waals surface area (Å²) in [7, 11) is 0. The van der Waals surface area contributed by atoms with E-state index >= 15 is 0 Å². The number of benzene rings is 2. The summed E-state index contributed by atoms with van der Waals surface area (Å²) in [5.74, 6) is -1.62. The highest BCUT2D eigenvalue weighted by Gasteiger charge is 2.37. The number of amides is 1. The molecule has 128 valence electrons. The van der Waals surface area contributed by atoms with Crippen LogP contribution in [0, 0.1) is 5.92 Å². The van der Waals surface area contributed by atoms with Crippen molar-refractivity contribution in [1.29, 1.82) is 0 Å². The Bertz CT molecular complexity index is 806. The van der Waals surface area contributed by atoms with Crippen LogP contribution in [0.15, 0.2) is 54.6 Å². The zero-order chi connectivity index (χ0) is 17.8. The standard InChI is InChI=1S/C19H16ClNO4/c20-15-8-4-5-9-16(15)21-11-14(10-18(21)23)19(24)25-12-17(22)13-6-2-1-3-7-13/h1-9,14H,10-12H2/t14-/m1/s1. The second kappa shape index (κ2) is 7.49. The Balaban J connectivity index is 1.60. The van der Waals surface area contributed by atoms with E-state index in [1.54, 1.807) is 54.6 Å². The molecule has 0 aromatic heterocycles. The first kappa shape index (κ1) is 17.2. The molecule has 1 fully saturated rings. The number of carbonyl (C=O) groups excluding carboxylic acids is 3. The highest BCUT2D eigenvalue weighted by molar-refractivity contribution is 6.33. The van der Waals surface area contributed by atoms with Crippen LogP contribution in [-0.4, -0.2) is 30.8 Å². The van der Waals surface area contributed by atoms with Crippen LogP contribution in [-0.2, 0) is 14.3 Å². The molecule has 0 N–H and O–H groups in total. The van der Waals surface area contributed by atoms with Gasteiger partial charge in [-0.2, -0.15) is 0 Å². The maximum Gasteiger partial charge on any atom is 0.311 e. The molecule has 3 rings (SSSR count). The van der Waals surface area contributed by atoms with E-state index < -0.39 is 11.9 Å². The Morgan fingerprint density at radius 2 is 1.76 bits per heavy atom. The van der Waals surface area contributed by atoms with Gasteiger partial charge in [-0.05, 0) is 12.1 Å². The summed E-state index contributed by atoms with van der Waals surface area (Å²) >= 11 is 6.11. The first-order valence-corrected chi connectivity index (χ1v) is 8.24. The number of ketones is 1. The number of halogens is 1. The molecule has 0 spiro atoms. The van der Waals surface area contributed by atoms with Gasteiger partial charge in [0.2, 0.25) is 5.91 Å². The highest BCUT2D eigenvalue weighted by atomic mass is 35.5. The van der Waals surface area contributed by atoms with E-state index in [1.807, 2.05) is 0 Å². The second-order valence-corrected chi connectivity index (χ2v) is 6.16. The molecule has 1 atom stereocenters. The van der Waals surface area contributed by atoms with Gasteiger partial charge in [-0.3, -0.25) is 14.4 Å². The lowest BCUT2D eigenvalue weighted by Gasteiger charge is -2.17. The maximum atomic E-state index is 12.2. The van der Waals surface area contributed by atoms with Gasteiger partial charge < -0.3 is 9.64 Å². The fraction of sp³-hybridized carbons (Fsp3) is 0.211. The number of Topliss-reactive ketones (excluding diaryl/α,β-unsaturated/α-hetero) is 1. The van der Waals surface area contributed by atoms with Crippen LogP contribution >= 0.6 is 11.6 Å². The third kappa shape index (κ3) is 3.88. The molecule has 0 unspecified atom stereocenters. The van der Waals surface area contributed by atoms with Gasteiger partial charge in [0.1, 0.15) is 0 Å². The molecule has 0 bridgehead atoms. The Morgan fingerprint density at radius 3 is 2.48 bits per heavy atom. The molecule has 1 amide bonds. The van der Waals surface area contributed by atoms with E-state index in [2.05, 4.69) is 0 Å². The summed E-state index contributed by atoms with van der Waals surface area (Å²) < 4.78 is 5.10. The largest absolute Gasteiger partial charge is 0.457 e. The third-order valence-electron chi connectivity index (χ3n) is 4.04. The Morgan fingerprint density at radius 1 is 1.08 bits per heavy atom. The molecule has 0 aliphatic carbocycles. The van der Waals surface area contributed by atoms with Crippen LogP contribution in [0.4, 0.5) is 5.69 Å². The summed E-state index contributed by atoms with van der Waals surface area (Å²) in [5, 5.41) is 0.448. The van der Waals surface area contributed by atoms with Gasteiger partial charge in [0.25, 0.3) is 0 Å². The number of hydrogen-bond acceptors (Lipinski definition) is 4. The van der Waals surface area contributed by atoms with Crippen molar-refractivity contribution >= 4 is 34.9 Å². The number of esters is 1. The first-order chi connectivity index (χ1) is 12.1. The molecule has 0 saturated carbocycles. The van der Waals surface area contributed by atoms with Crippen LogP contribution < -0.4 is 4.90 Å². The summed E-state index contributed by atoms with van der Waals surface area (Å²) in [5.41, 5.74) is 1.06. The van der Waals surface area contributed by atoms with Crippen molar-refractivity contribution in [3.63, 3.8) is 0 Å². The van der Waals surface area contributed by atoms with Gasteiger partial charge in [0.15, 0.2) is 12.4 Å². The molecular formula is C19H16ClNO4. The lowest BCUT2D eigenvalue weighted by atomic mass is 10.1. The minimum absolute atomic E-state index is 0.0452. The average molecular weight is 358 g/mol. The lowest BCUT2D eigenvalue weighted by molar-refractivity contribution is -0.147. The average Bonchev–Trinajstić information content (AvgIpc) is 3.02. The molecule has 5 nitrogen and oxygen atoms in total. The van der Waals surface area contributed by atoms with Crippen LogP contribution in [0.2, 0.25) is 5.02 Å². The molecule has 6 heteroatoms. The second-order valence-electron chi connectivity index (χ2n) is 5.75. The number of hydrogen-bond donors (Lipinski definition) is 0. The van der Waals surface area contributed by atoms with Crippen molar-refractivity contribution in [3.05, 3.63) is 65.2 Å². The predicted octanol–water partition coefficient (Wildman–Crippen LogP) is 3.12. The van der Waals surface area contributed by atoms with Crippen LogP contribution in [0.25, 0.3) is 0 Å². The van der Waals surface area contributed by atoms with Crippen molar-refractivity contribution < 1.29 is 19.1 Å². The van der Waals surface area contributed by atoms with Crippen molar-refractivity contribution in [2.75, 3.05) is 18.1 Å². The highest BCUT2D eigenvalue weighted by Crippen LogP contribution is 2.31. The molecule has 1 aliphatic rings. The van der Waals surface area contributed by atoms with Gasteiger partial charge in [0, 0.05) is 18.5 Å². The first-order valence-electron chi connectivity index (χ1n) is 7.86. The van der Waals surface area contributed by atoms with Crippen molar-refractivity contribution in [1.82, 2.24) is 0 Å². The van der Waals surface area contributed by atoms with Gasteiger partial charge in [-0.25, -0.2) is 0 Å². The number of para-hydroxylation sites is 1. The number of carbonyl (C=O) groups is 3. The lowest BCUT2D eigenvalue weighted by Crippen LogP contribution is -2.27. The molecule has 25 heavy (non-hydrogen) atoms. The molecule has 1 heterocycles. The van der Waals surface area contributed by atoms with Crippen LogP contribution in [0.3, 0.4) is 0 Å². The minimum atomic E-state index is -0.604. The van der Waals surface area contributed by atoms with E-state index in [-0.39, 0.29) is 31.3 Å². The van der Waals surface area contributed by atoms with Gasteiger partial charge in [-0.1, -0.05) is 54.1 Å². The predicted molar refractivity (Wildman–Crippen MR) is 93.6 cm³/mol. The number of rotatable bonds is 5. The fourth-order valence-electron chi connectivity index (χ4n) is 2.73. The van der Waals surface area contributed by atoms with Crippen molar-refractivity contribution in [2.24, 2.45) is 5.92 Å². The third-order valence-corrected chi connectivity index (χ3v) is 4.36. The maximum absolute atomic E-state index is 12.2. The van der Waals surface area contributed by atoms with Crippen LogP contribution in [0.1, 0.15) is 16.8 Å². The fourth-order valence-corrected chi connectivity index (χ4v) is 2.97. The normalized spacial score (nSPS) is 16.8. The molecule has 2 aromatic rings. The van der Waals surface area contributed by atoms with E-state index in [4.69, 9.17) is 16.3 Å². The monoisotopic (exact) mass is 357 g/mol. The summed E-state index contributed by atoms with van der Waals surface area (Å²) in [6.45, 7) is -0.138. The topological polar surface area (TPSA) is 63.7 Å². The SMILES string of the molecule is O=C(COC(=O)[C@@H]1CC(=O)N(c2ccccc2Cl)C1)c1ccccc1. The molecule has 0 radical (unpaired) electrons. The number of ether oxygens (including phenoxy) is 1. The van der Waals surface area contributed by atoms with E-state index in [9.17, 15) is 14.4 Å². The molecule has 2 aromatic carbocycles. The van der Waals surface area contributed by atoms with Crippen molar-refractivity contribution in [2.45, 2.75) is 6.42 Å². The van der Waals surface area contributed by atoms with E-state index in [0.717, 1.165) is 0 Å². The Labute approximate surface area is 150 Å². The summed E-state index contributed by atoms with van der Waals surface area (Å²) in [4.78, 5) is 37.9. The number of anilines is 1. The van der Waals surface area contributed by atoms with Gasteiger partial charge >= 0.3 is 5.97 Å². The Kier molecular flexibility index (Phi) is 5.14. The summed E-state index contributed by atoms with van der Waals surface area (Å²) in [6.07, 6.45) is 0.0452. The van der Waals surface area contributed by atoms with Crippen molar-refractivity contribution in [3.8, 4) is 0 Å². The quantitative estimate of drug-likeness (QED) is 0.609. The van der Waals surface area contributed by atoms with E-state index in [1.165, 1.54) is 4.90 Å². The molecular weight excluding hydrogens is 342 g/mol. The molecule has 1 aliphatic heterocycles. The number of nitrogens with zero attached hydrogens (tertiary/aromatic N) is 1. The molecule has 1 saturated heterocycles. The minimum Gasteiger partial charge on any atom is -0.457 e. The summed E-state index contributed by atoms with van der Waals surface area (Å²) in [6, 6.07) is 15.6. The van der Waals surface area contributed by atoms with Gasteiger partial charge in [-0.15, -0.1) is 0 Å². The van der Waals surface area contributed by atoms with E-state index in [0.29, 0.717) is 16.3 Å². The zero-order valence-electron chi connectivity index (χ0n) is 13.4.